The standard InChI is InChI=1S/C22H19F3N6O3/c23-17-10-16(11-18(24)21(17)25)31-5-4-20(32)19(29-31)9-14-2-1-3-15(8-14)28-22(33)34-7-6-30-13-26-12-27-30/h1,3-5,8,10-14H,2,6-7,9H2,(H,28,33). The van der Waals surface area contributed by atoms with Gasteiger partial charge in [0.05, 0.1) is 12.2 Å². The summed E-state index contributed by atoms with van der Waals surface area (Å²) >= 11 is 0. The van der Waals surface area contributed by atoms with Gasteiger partial charge in [0.25, 0.3) is 0 Å². The fourth-order valence-corrected chi connectivity index (χ4v) is 3.36. The van der Waals surface area contributed by atoms with E-state index < -0.39 is 23.5 Å². The van der Waals surface area contributed by atoms with Crippen molar-refractivity contribution in [3.8, 4) is 5.69 Å². The summed E-state index contributed by atoms with van der Waals surface area (Å²) in [5.41, 5.74) is 0.233. The molecule has 2 heterocycles. The van der Waals surface area contributed by atoms with Crippen LogP contribution in [0.4, 0.5) is 18.0 Å². The summed E-state index contributed by atoms with van der Waals surface area (Å²) in [7, 11) is 0. The van der Waals surface area contributed by atoms with Crippen LogP contribution in [0.15, 0.2) is 65.8 Å². The molecule has 1 amide bonds. The Bertz CT molecular complexity index is 1280. The first-order valence-electron chi connectivity index (χ1n) is 10.3. The third kappa shape index (κ3) is 5.57. The molecule has 9 nitrogen and oxygen atoms in total. The maximum Gasteiger partial charge on any atom is 0.411 e. The Morgan fingerprint density at radius 2 is 2.03 bits per heavy atom. The summed E-state index contributed by atoms with van der Waals surface area (Å²) in [5.74, 6) is -4.48. The molecule has 0 fully saturated rings. The number of hydrogen-bond acceptors (Lipinski definition) is 6. The molecule has 0 radical (unpaired) electrons. The zero-order valence-electron chi connectivity index (χ0n) is 17.7. The normalized spacial score (nSPS) is 15.1. The molecule has 4 rings (SSSR count). The lowest BCUT2D eigenvalue weighted by Crippen LogP contribution is -2.26. The second-order valence-electron chi connectivity index (χ2n) is 7.44. The maximum absolute atomic E-state index is 13.6. The molecule has 2 aromatic heterocycles. The van der Waals surface area contributed by atoms with Crippen LogP contribution >= 0.6 is 0 Å². The molecular formula is C22H19F3N6O3. The summed E-state index contributed by atoms with van der Waals surface area (Å²) in [6, 6.07) is 2.80. The van der Waals surface area contributed by atoms with Crippen molar-refractivity contribution in [1.29, 1.82) is 0 Å². The zero-order chi connectivity index (χ0) is 24.1. The molecule has 0 bridgehead atoms. The molecule has 0 spiro atoms. The fraction of sp³-hybridized carbons (Fsp3) is 0.227. The van der Waals surface area contributed by atoms with Gasteiger partial charge >= 0.3 is 6.09 Å². The highest BCUT2D eigenvalue weighted by molar-refractivity contribution is 5.70. The van der Waals surface area contributed by atoms with Gasteiger partial charge in [0, 0.05) is 36.5 Å². The van der Waals surface area contributed by atoms with Crippen LogP contribution in [0.25, 0.3) is 5.69 Å². The van der Waals surface area contributed by atoms with Gasteiger partial charge < -0.3 is 4.74 Å². The maximum atomic E-state index is 13.6. The molecule has 1 aliphatic rings. The monoisotopic (exact) mass is 472 g/mol. The van der Waals surface area contributed by atoms with E-state index in [9.17, 15) is 22.8 Å². The predicted molar refractivity (Wildman–Crippen MR) is 113 cm³/mol. The smallest absolute Gasteiger partial charge is 0.411 e. The number of carbonyl (C=O) groups is 1. The molecule has 1 unspecified atom stereocenters. The highest BCUT2D eigenvalue weighted by Gasteiger charge is 2.17. The number of aromatic nitrogens is 5. The molecule has 0 aliphatic heterocycles. The molecule has 12 heteroatoms. The van der Waals surface area contributed by atoms with Crippen LogP contribution in [0.2, 0.25) is 0 Å². The van der Waals surface area contributed by atoms with Crippen molar-refractivity contribution < 1.29 is 22.7 Å². The second-order valence-corrected chi connectivity index (χ2v) is 7.44. The number of nitrogens with one attached hydrogen (secondary N) is 1. The van der Waals surface area contributed by atoms with Crippen molar-refractivity contribution in [3.05, 3.63) is 94.3 Å². The molecule has 1 aliphatic carbocycles. The lowest BCUT2D eigenvalue weighted by Gasteiger charge is -2.17. The number of rotatable bonds is 7. The van der Waals surface area contributed by atoms with Gasteiger partial charge in [-0.05, 0) is 18.4 Å². The van der Waals surface area contributed by atoms with Crippen molar-refractivity contribution in [2.45, 2.75) is 19.4 Å². The quantitative estimate of drug-likeness (QED) is 0.531. The molecule has 3 aromatic rings. The van der Waals surface area contributed by atoms with Crippen LogP contribution < -0.4 is 10.7 Å². The first-order chi connectivity index (χ1) is 16.4. The third-order valence-electron chi connectivity index (χ3n) is 4.99. The van der Waals surface area contributed by atoms with Crippen molar-refractivity contribution in [2.24, 2.45) is 5.92 Å². The number of allylic oxidation sites excluding steroid dienone is 3. The zero-order valence-corrected chi connectivity index (χ0v) is 17.7. The molecule has 176 valence electrons. The molecule has 0 saturated carbocycles. The number of amides is 1. The average molecular weight is 472 g/mol. The van der Waals surface area contributed by atoms with Gasteiger partial charge in [-0.3, -0.25) is 10.1 Å². The first-order valence-corrected chi connectivity index (χ1v) is 10.3. The minimum atomic E-state index is -1.58. The number of ether oxygens (including phenoxy) is 1. The fourth-order valence-electron chi connectivity index (χ4n) is 3.36. The molecule has 0 saturated heterocycles. The highest BCUT2D eigenvalue weighted by Crippen LogP contribution is 2.20. The summed E-state index contributed by atoms with van der Waals surface area (Å²) in [6.07, 6.45) is 9.61. The van der Waals surface area contributed by atoms with Crippen LogP contribution in [0.1, 0.15) is 12.1 Å². The van der Waals surface area contributed by atoms with E-state index >= 15 is 0 Å². The first kappa shape index (κ1) is 23.0. The Morgan fingerprint density at radius 3 is 2.76 bits per heavy atom. The number of carbonyl (C=O) groups excluding carboxylic acids is 1. The Balaban J connectivity index is 1.41. The molecular weight excluding hydrogens is 453 g/mol. The highest BCUT2D eigenvalue weighted by atomic mass is 19.2. The van der Waals surface area contributed by atoms with Crippen molar-refractivity contribution in [3.63, 3.8) is 0 Å². The lowest BCUT2D eigenvalue weighted by molar-refractivity contribution is 0.143. The number of halogens is 3. The SMILES string of the molecule is O=C(NC1=CC(Cc2nn(-c3cc(F)c(F)c(F)c3)ccc2=O)CC=C1)OCCn1cncn1. The lowest BCUT2D eigenvalue weighted by atomic mass is 9.94. The minimum Gasteiger partial charge on any atom is -0.447 e. The van der Waals surface area contributed by atoms with Crippen molar-refractivity contribution in [1.82, 2.24) is 29.9 Å². The van der Waals surface area contributed by atoms with Gasteiger partial charge in [0.15, 0.2) is 17.5 Å². The van der Waals surface area contributed by atoms with Gasteiger partial charge in [-0.1, -0.05) is 12.2 Å². The Hall–Kier alpha value is -4.22. The number of alkyl carbamates (subject to hydrolysis) is 1. The summed E-state index contributed by atoms with van der Waals surface area (Å²) in [6.45, 7) is 0.465. The van der Waals surface area contributed by atoms with E-state index in [1.54, 1.807) is 12.2 Å². The summed E-state index contributed by atoms with van der Waals surface area (Å²) in [4.78, 5) is 28.1. The third-order valence-corrected chi connectivity index (χ3v) is 4.99. The van der Waals surface area contributed by atoms with E-state index in [0.717, 1.165) is 16.8 Å². The molecule has 1 N–H and O–H groups in total. The average Bonchev–Trinajstić information content (AvgIpc) is 3.32. The number of hydrogen-bond donors (Lipinski definition) is 1. The van der Waals surface area contributed by atoms with E-state index in [1.165, 1.54) is 29.6 Å². The second kappa shape index (κ2) is 10.1. The number of benzene rings is 1. The Labute approximate surface area is 191 Å². The largest absolute Gasteiger partial charge is 0.447 e. The molecule has 1 atom stereocenters. The predicted octanol–water partition coefficient (Wildman–Crippen LogP) is 2.67. The van der Waals surface area contributed by atoms with Crippen molar-refractivity contribution in [2.75, 3.05) is 6.61 Å². The molecule has 34 heavy (non-hydrogen) atoms. The van der Waals surface area contributed by atoms with Crippen LogP contribution in [-0.2, 0) is 17.7 Å². The van der Waals surface area contributed by atoms with Crippen LogP contribution in [-0.4, -0.2) is 37.2 Å². The van der Waals surface area contributed by atoms with E-state index in [1.807, 2.05) is 6.08 Å². The Morgan fingerprint density at radius 1 is 1.24 bits per heavy atom. The van der Waals surface area contributed by atoms with Gasteiger partial charge in [-0.25, -0.2) is 32.3 Å². The van der Waals surface area contributed by atoms with E-state index in [4.69, 9.17) is 4.74 Å². The molecule has 1 aromatic carbocycles. The van der Waals surface area contributed by atoms with E-state index in [-0.39, 0.29) is 35.8 Å². The van der Waals surface area contributed by atoms with Crippen molar-refractivity contribution >= 4 is 6.09 Å². The van der Waals surface area contributed by atoms with Crippen LogP contribution in [0.3, 0.4) is 0 Å². The van der Waals surface area contributed by atoms with Crippen LogP contribution in [0.5, 0.6) is 0 Å². The Kier molecular flexibility index (Phi) is 6.85. The summed E-state index contributed by atoms with van der Waals surface area (Å²) < 4.78 is 48.2. The van der Waals surface area contributed by atoms with E-state index in [2.05, 4.69) is 20.5 Å². The van der Waals surface area contributed by atoms with Gasteiger partial charge in [-0.15, -0.1) is 0 Å². The van der Waals surface area contributed by atoms with Crippen LogP contribution in [0, 0.1) is 23.4 Å². The van der Waals surface area contributed by atoms with Gasteiger partial charge in [0.1, 0.15) is 25.0 Å². The minimum absolute atomic E-state index is 0.0623. The topological polar surface area (TPSA) is 104 Å². The summed E-state index contributed by atoms with van der Waals surface area (Å²) in [5, 5.41) is 10.7. The number of nitrogens with zero attached hydrogens (tertiary/aromatic N) is 5. The van der Waals surface area contributed by atoms with Gasteiger partial charge in [0.2, 0.25) is 5.43 Å². The van der Waals surface area contributed by atoms with Gasteiger partial charge in [-0.2, -0.15) is 10.2 Å². The van der Waals surface area contributed by atoms with E-state index in [0.29, 0.717) is 18.7 Å².